The maximum atomic E-state index is 12.8. The van der Waals surface area contributed by atoms with Crippen molar-refractivity contribution in [2.24, 2.45) is 0 Å². The number of H-pyrrole nitrogens is 1. The number of nitrogens with zero attached hydrogens (tertiary/aromatic N) is 3. The minimum atomic E-state index is -0.114. The molecule has 2 aromatic heterocycles. The number of nitrogens with one attached hydrogen (secondary N) is 1. The van der Waals surface area contributed by atoms with E-state index in [1.807, 2.05) is 54.6 Å². The molecule has 4 aromatic rings. The average molecular weight is 445 g/mol. The van der Waals surface area contributed by atoms with Crippen molar-refractivity contribution >= 4 is 21.6 Å². The smallest absolute Gasteiger partial charge is 0.268 e. The Morgan fingerprint density at radius 3 is 2.53 bits per heavy atom. The third-order valence-electron chi connectivity index (χ3n) is 5.64. The Kier molecular flexibility index (Phi) is 6.35. The molecule has 2 aromatic carbocycles. The number of methoxy groups -OCH3 is 1. The molecule has 0 amide bonds. The number of hydrogen-bond acceptors (Lipinski definition) is 6. The van der Waals surface area contributed by atoms with Gasteiger partial charge in [-0.2, -0.15) is 5.26 Å². The Balaban J connectivity index is 1.60. The van der Waals surface area contributed by atoms with Crippen LogP contribution in [0.4, 0.5) is 0 Å². The normalized spacial score (nSPS) is 12.1. The highest BCUT2D eigenvalue weighted by atomic mass is 32.1. The monoisotopic (exact) mass is 444 g/mol. The number of hydrogen-bond donors (Lipinski definition) is 1. The quantitative estimate of drug-likeness (QED) is 0.428. The summed E-state index contributed by atoms with van der Waals surface area (Å²) in [5, 5.41) is 9.02. The fraction of sp³-hybridized carbons (Fsp3) is 0.240. The zero-order valence-electron chi connectivity index (χ0n) is 18.3. The lowest BCUT2D eigenvalue weighted by Crippen LogP contribution is -2.28. The van der Waals surface area contributed by atoms with Crippen LogP contribution >= 0.6 is 11.3 Å². The minimum Gasteiger partial charge on any atom is -0.497 e. The van der Waals surface area contributed by atoms with Crippen molar-refractivity contribution in [3.8, 4) is 22.3 Å². The van der Waals surface area contributed by atoms with Crippen molar-refractivity contribution in [3.05, 3.63) is 81.9 Å². The first-order valence-electron chi connectivity index (χ1n) is 10.4. The van der Waals surface area contributed by atoms with Crippen molar-refractivity contribution in [2.75, 3.05) is 13.7 Å². The van der Waals surface area contributed by atoms with E-state index in [-0.39, 0.29) is 11.6 Å². The number of nitriles is 1. The number of fused-ring (bicyclic) bond motifs is 1. The summed E-state index contributed by atoms with van der Waals surface area (Å²) < 4.78 is 5.85. The second-order valence-electron chi connectivity index (χ2n) is 7.54. The fourth-order valence-corrected chi connectivity index (χ4v) is 4.72. The van der Waals surface area contributed by atoms with Gasteiger partial charge >= 0.3 is 0 Å². The van der Waals surface area contributed by atoms with E-state index in [1.54, 1.807) is 7.11 Å². The Bertz CT molecular complexity index is 1320. The van der Waals surface area contributed by atoms with Gasteiger partial charge in [-0.05, 0) is 67.1 Å². The van der Waals surface area contributed by atoms with Crippen LogP contribution in [0.5, 0.6) is 5.75 Å². The van der Waals surface area contributed by atoms with E-state index in [1.165, 1.54) is 11.3 Å². The molecular weight excluding hydrogens is 420 g/mol. The van der Waals surface area contributed by atoms with Crippen molar-refractivity contribution in [3.63, 3.8) is 0 Å². The summed E-state index contributed by atoms with van der Waals surface area (Å²) in [6.07, 6.45) is 0. The molecule has 4 rings (SSSR count). The minimum absolute atomic E-state index is 0.114. The number of rotatable bonds is 7. The molecule has 0 aliphatic rings. The Labute approximate surface area is 190 Å². The van der Waals surface area contributed by atoms with Crippen LogP contribution in [0.2, 0.25) is 0 Å². The summed E-state index contributed by atoms with van der Waals surface area (Å²) >= 11 is 1.44. The molecule has 1 atom stereocenters. The Morgan fingerprint density at radius 2 is 1.91 bits per heavy atom. The molecule has 0 radical (unpaired) electrons. The first-order valence-corrected chi connectivity index (χ1v) is 11.2. The molecule has 0 saturated carbocycles. The van der Waals surface area contributed by atoms with Crippen LogP contribution in [0, 0.1) is 11.3 Å². The van der Waals surface area contributed by atoms with Gasteiger partial charge in [0.05, 0.1) is 30.8 Å². The Morgan fingerprint density at radius 1 is 1.19 bits per heavy atom. The molecular formula is C25H24N4O2S. The predicted molar refractivity (Wildman–Crippen MR) is 128 cm³/mol. The Hall–Kier alpha value is -3.47. The third-order valence-corrected chi connectivity index (χ3v) is 6.81. The molecule has 0 spiro atoms. The molecule has 1 unspecified atom stereocenters. The topological polar surface area (TPSA) is 82.0 Å². The SMILES string of the molecule is CCN(Cc1nc2cc(-c3ccc(OC)cc3)sc2c(=O)[nH]1)C(C)c1ccc(C#N)cc1. The second-order valence-corrected chi connectivity index (χ2v) is 8.59. The van der Waals surface area contributed by atoms with Crippen LogP contribution in [0.15, 0.2) is 59.4 Å². The lowest BCUT2D eigenvalue weighted by atomic mass is 10.0. The first kappa shape index (κ1) is 21.8. The number of ether oxygens (including phenoxy) is 1. The van der Waals surface area contributed by atoms with Crippen LogP contribution in [0.25, 0.3) is 20.7 Å². The van der Waals surface area contributed by atoms with Crippen LogP contribution < -0.4 is 10.3 Å². The molecule has 2 heterocycles. The van der Waals surface area contributed by atoms with Gasteiger partial charge in [0.15, 0.2) is 0 Å². The van der Waals surface area contributed by atoms with Gasteiger partial charge in [0.2, 0.25) is 0 Å². The van der Waals surface area contributed by atoms with E-state index in [0.29, 0.717) is 28.1 Å². The summed E-state index contributed by atoms with van der Waals surface area (Å²) in [6.45, 7) is 5.53. The van der Waals surface area contributed by atoms with Crippen molar-refractivity contribution in [1.82, 2.24) is 14.9 Å². The molecule has 0 aliphatic carbocycles. The molecule has 162 valence electrons. The molecule has 32 heavy (non-hydrogen) atoms. The number of aromatic nitrogens is 2. The molecule has 1 N–H and O–H groups in total. The molecule has 0 aliphatic heterocycles. The van der Waals surface area contributed by atoms with Gasteiger partial charge in [0.1, 0.15) is 16.3 Å². The van der Waals surface area contributed by atoms with E-state index in [4.69, 9.17) is 15.0 Å². The maximum absolute atomic E-state index is 12.8. The van der Waals surface area contributed by atoms with Crippen molar-refractivity contribution in [1.29, 1.82) is 5.26 Å². The highest BCUT2D eigenvalue weighted by molar-refractivity contribution is 7.22. The van der Waals surface area contributed by atoms with E-state index >= 15 is 0 Å². The van der Waals surface area contributed by atoms with E-state index in [9.17, 15) is 4.79 Å². The maximum Gasteiger partial charge on any atom is 0.268 e. The summed E-state index contributed by atoms with van der Waals surface area (Å²) in [7, 11) is 1.64. The molecule has 7 heteroatoms. The van der Waals surface area contributed by atoms with Gasteiger partial charge in [-0.25, -0.2) is 4.98 Å². The highest BCUT2D eigenvalue weighted by Gasteiger charge is 2.17. The number of benzene rings is 2. The summed E-state index contributed by atoms with van der Waals surface area (Å²) in [4.78, 5) is 23.7. The van der Waals surface area contributed by atoms with Gasteiger partial charge < -0.3 is 9.72 Å². The highest BCUT2D eigenvalue weighted by Crippen LogP contribution is 2.32. The largest absolute Gasteiger partial charge is 0.497 e. The van der Waals surface area contributed by atoms with Gasteiger partial charge in [-0.15, -0.1) is 11.3 Å². The summed E-state index contributed by atoms with van der Waals surface area (Å²) in [5.74, 6) is 1.44. The van der Waals surface area contributed by atoms with E-state index in [2.05, 4.69) is 29.8 Å². The van der Waals surface area contributed by atoms with Crippen LogP contribution in [-0.4, -0.2) is 28.5 Å². The van der Waals surface area contributed by atoms with Crippen molar-refractivity contribution in [2.45, 2.75) is 26.4 Å². The van der Waals surface area contributed by atoms with Crippen molar-refractivity contribution < 1.29 is 4.74 Å². The first-order chi connectivity index (χ1) is 15.5. The van der Waals surface area contributed by atoms with Gasteiger partial charge in [0, 0.05) is 10.9 Å². The third kappa shape index (κ3) is 4.42. The number of thiophene rings is 1. The van der Waals surface area contributed by atoms with Gasteiger partial charge in [-0.1, -0.05) is 19.1 Å². The standard InChI is InChI=1S/C25H24N4O2S/c1-4-29(16(2)18-7-5-17(14-26)6-8-18)15-23-27-21-13-22(32-24(21)25(30)28-23)19-9-11-20(31-3)12-10-19/h5-13,16H,4,15H2,1-3H3,(H,27,28,30). The molecule has 0 saturated heterocycles. The molecule has 0 fully saturated rings. The van der Waals surface area contributed by atoms with Gasteiger partial charge in [0.25, 0.3) is 5.56 Å². The van der Waals surface area contributed by atoms with Crippen LogP contribution in [0.1, 0.15) is 36.8 Å². The second kappa shape index (κ2) is 9.35. The zero-order valence-corrected chi connectivity index (χ0v) is 19.1. The lowest BCUT2D eigenvalue weighted by molar-refractivity contribution is 0.207. The average Bonchev–Trinajstić information content (AvgIpc) is 3.27. The van der Waals surface area contributed by atoms with Gasteiger partial charge in [-0.3, -0.25) is 9.69 Å². The summed E-state index contributed by atoms with van der Waals surface area (Å²) in [5.41, 5.74) is 3.38. The predicted octanol–water partition coefficient (Wildman–Crippen LogP) is 5.11. The zero-order chi connectivity index (χ0) is 22.7. The van der Waals surface area contributed by atoms with E-state index in [0.717, 1.165) is 28.3 Å². The fourth-order valence-electron chi connectivity index (χ4n) is 3.72. The summed E-state index contributed by atoms with van der Waals surface area (Å²) in [6, 6.07) is 19.6. The van der Waals surface area contributed by atoms with Crippen LogP contribution in [0.3, 0.4) is 0 Å². The number of aromatic amines is 1. The van der Waals surface area contributed by atoms with Crippen LogP contribution in [-0.2, 0) is 6.54 Å². The molecule has 0 bridgehead atoms. The van der Waals surface area contributed by atoms with E-state index < -0.39 is 0 Å². The lowest BCUT2D eigenvalue weighted by Gasteiger charge is -2.27. The molecule has 6 nitrogen and oxygen atoms in total.